The molecule has 0 aliphatic carbocycles. The van der Waals surface area contributed by atoms with Crippen molar-refractivity contribution in [1.82, 2.24) is 19.7 Å². The molecular formula is C19H21BrN4O3S. The zero-order valence-corrected chi connectivity index (χ0v) is 17.9. The van der Waals surface area contributed by atoms with Crippen LogP contribution in [0.1, 0.15) is 35.1 Å². The van der Waals surface area contributed by atoms with Crippen LogP contribution in [-0.4, -0.2) is 62.9 Å². The number of hydrogen-bond acceptors (Lipinski definition) is 7. The Labute approximate surface area is 175 Å². The average Bonchev–Trinajstić information content (AvgIpc) is 3.35. The predicted octanol–water partition coefficient (Wildman–Crippen LogP) is 3.04. The Balaban J connectivity index is 1.45. The van der Waals surface area contributed by atoms with Crippen molar-refractivity contribution >= 4 is 33.6 Å². The number of nitrogens with zero attached hydrogens (tertiary/aromatic N) is 4. The molecule has 2 unspecified atom stereocenters. The molecule has 2 atom stereocenters. The van der Waals surface area contributed by atoms with Gasteiger partial charge in [0.05, 0.1) is 19.3 Å². The van der Waals surface area contributed by atoms with Gasteiger partial charge in [0.25, 0.3) is 5.91 Å². The monoisotopic (exact) mass is 464 g/mol. The summed E-state index contributed by atoms with van der Waals surface area (Å²) >= 11 is 5.09. The summed E-state index contributed by atoms with van der Waals surface area (Å²) in [6.07, 6.45) is 1.62. The van der Waals surface area contributed by atoms with Crippen LogP contribution in [-0.2, 0) is 9.47 Å². The smallest absolute Gasteiger partial charge is 0.264 e. The lowest BCUT2D eigenvalue weighted by Gasteiger charge is -2.42. The summed E-state index contributed by atoms with van der Waals surface area (Å²) in [4.78, 5) is 20.0. The molecule has 0 N–H and O–H groups in total. The van der Waals surface area contributed by atoms with Crippen LogP contribution in [0.2, 0.25) is 0 Å². The van der Waals surface area contributed by atoms with Crippen molar-refractivity contribution in [2.75, 3.05) is 26.3 Å². The second-order valence-corrected chi connectivity index (χ2v) is 9.40. The van der Waals surface area contributed by atoms with E-state index in [9.17, 15) is 4.79 Å². The van der Waals surface area contributed by atoms with Crippen molar-refractivity contribution in [2.45, 2.75) is 42.0 Å². The minimum atomic E-state index is -0.434. The van der Waals surface area contributed by atoms with Gasteiger partial charge in [0, 0.05) is 30.4 Å². The van der Waals surface area contributed by atoms with E-state index in [1.807, 2.05) is 19.1 Å². The van der Waals surface area contributed by atoms with Crippen molar-refractivity contribution in [3.63, 3.8) is 0 Å². The van der Waals surface area contributed by atoms with E-state index in [2.05, 4.69) is 43.0 Å². The molecule has 3 aliphatic rings. The van der Waals surface area contributed by atoms with E-state index in [-0.39, 0.29) is 17.2 Å². The van der Waals surface area contributed by atoms with Gasteiger partial charge >= 0.3 is 0 Å². The SMILES string of the molecule is Cc1nc2n(n1)C(=O)C(C(c1cccc(Br)c1)N1CCC3(CC1)OCCO3)S2. The summed E-state index contributed by atoms with van der Waals surface area (Å²) in [5.41, 5.74) is 1.12. The number of fused-ring (bicyclic) bond motifs is 1. The first-order valence-electron chi connectivity index (χ1n) is 9.47. The van der Waals surface area contributed by atoms with Gasteiger partial charge in [-0.3, -0.25) is 9.69 Å². The minimum absolute atomic E-state index is 0.000714. The number of benzene rings is 1. The second-order valence-electron chi connectivity index (χ2n) is 7.37. The van der Waals surface area contributed by atoms with Gasteiger partial charge in [-0.25, -0.2) is 4.98 Å². The number of thioether (sulfide) groups is 1. The molecule has 2 fully saturated rings. The van der Waals surface area contributed by atoms with Crippen LogP contribution >= 0.6 is 27.7 Å². The summed E-state index contributed by atoms with van der Waals surface area (Å²) in [6.45, 7) is 4.77. The molecule has 2 saturated heterocycles. The first-order chi connectivity index (χ1) is 13.5. The van der Waals surface area contributed by atoms with Crippen LogP contribution in [0.15, 0.2) is 33.9 Å². The number of carbonyl (C=O) groups is 1. The zero-order chi connectivity index (χ0) is 19.3. The number of aromatic nitrogens is 3. The van der Waals surface area contributed by atoms with Crippen molar-refractivity contribution in [2.24, 2.45) is 0 Å². The van der Waals surface area contributed by atoms with Gasteiger partial charge in [0.1, 0.15) is 11.1 Å². The molecule has 0 saturated carbocycles. The van der Waals surface area contributed by atoms with Gasteiger partial charge in [-0.05, 0) is 24.6 Å². The van der Waals surface area contributed by atoms with E-state index < -0.39 is 5.79 Å². The molecule has 5 rings (SSSR count). The molecule has 2 aromatic rings. The van der Waals surface area contributed by atoms with E-state index in [0.717, 1.165) is 36.0 Å². The number of aryl methyl sites for hydroxylation is 1. The Kier molecular flexibility index (Phi) is 4.83. The summed E-state index contributed by atoms with van der Waals surface area (Å²) in [6, 6.07) is 8.16. The molecule has 0 amide bonds. The largest absolute Gasteiger partial charge is 0.347 e. The van der Waals surface area contributed by atoms with Gasteiger partial charge < -0.3 is 9.47 Å². The van der Waals surface area contributed by atoms with Gasteiger partial charge in [-0.15, -0.1) is 5.10 Å². The molecule has 0 bridgehead atoms. The molecule has 9 heteroatoms. The van der Waals surface area contributed by atoms with Gasteiger partial charge in [0.2, 0.25) is 0 Å². The molecule has 7 nitrogen and oxygen atoms in total. The fraction of sp³-hybridized carbons (Fsp3) is 0.526. The van der Waals surface area contributed by atoms with Crippen LogP contribution in [0.4, 0.5) is 0 Å². The Morgan fingerprint density at radius 3 is 2.71 bits per heavy atom. The molecule has 3 aliphatic heterocycles. The van der Waals surface area contributed by atoms with Gasteiger partial charge in [-0.2, -0.15) is 4.68 Å². The summed E-state index contributed by atoms with van der Waals surface area (Å²) in [5, 5.41) is 4.70. The van der Waals surface area contributed by atoms with E-state index in [4.69, 9.17) is 9.47 Å². The molecule has 4 heterocycles. The fourth-order valence-electron chi connectivity index (χ4n) is 4.30. The van der Waals surface area contributed by atoms with Crippen molar-refractivity contribution in [3.8, 4) is 0 Å². The van der Waals surface area contributed by atoms with Crippen LogP contribution in [0.5, 0.6) is 0 Å². The Bertz CT molecular complexity index is 904. The van der Waals surface area contributed by atoms with Crippen molar-refractivity contribution in [3.05, 3.63) is 40.1 Å². The Morgan fingerprint density at radius 1 is 1.29 bits per heavy atom. The average molecular weight is 465 g/mol. The lowest BCUT2D eigenvalue weighted by atomic mass is 9.96. The first-order valence-corrected chi connectivity index (χ1v) is 11.1. The second kappa shape index (κ2) is 7.21. The fourth-order valence-corrected chi connectivity index (χ4v) is 6.01. The number of hydrogen-bond donors (Lipinski definition) is 0. The van der Waals surface area contributed by atoms with E-state index in [1.54, 1.807) is 0 Å². The molecule has 1 spiro atoms. The normalized spacial score (nSPS) is 25.4. The van der Waals surface area contributed by atoms with Crippen LogP contribution in [0, 0.1) is 6.92 Å². The third-order valence-corrected chi connectivity index (χ3v) is 7.29. The lowest BCUT2D eigenvalue weighted by Crippen LogP contribution is -2.49. The molecule has 0 radical (unpaired) electrons. The topological polar surface area (TPSA) is 69.5 Å². The van der Waals surface area contributed by atoms with Crippen LogP contribution < -0.4 is 0 Å². The third-order valence-electron chi connectivity index (χ3n) is 5.61. The maximum Gasteiger partial charge on any atom is 0.264 e. The summed E-state index contributed by atoms with van der Waals surface area (Å²) in [7, 11) is 0. The number of rotatable bonds is 3. The van der Waals surface area contributed by atoms with Crippen LogP contribution in [0.25, 0.3) is 0 Å². The molecule has 28 heavy (non-hydrogen) atoms. The highest BCUT2D eigenvalue weighted by atomic mass is 79.9. The maximum atomic E-state index is 13.2. The highest BCUT2D eigenvalue weighted by molar-refractivity contribution is 9.10. The number of halogens is 1. The number of likely N-dealkylation sites (tertiary alicyclic amines) is 1. The summed E-state index contributed by atoms with van der Waals surface area (Å²) < 4.78 is 14.2. The lowest BCUT2D eigenvalue weighted by molar-refractivity contribution is -0.187. The van der Waals surface area contributed by atoms with E-state index in [1.165, 1.54) is 16.4 Å². The van der Waals surface area contributed by atoms with Gasteiger partial charge in [0.15, 0.2) is 10.9 Å². The molecule has 1 aromatic carbocycles. The summed E-state index contributed by atoms with van der Waals surface area (Å²) in [5.74, 6) is 0.194. The standard InChI is InChI=1S/C19H21BrN4O3S/c1-12-21-18-24(22-12)17(25)16(28-18)15(13-3-2-4-14(20)11-13)23-7-5-19(6-8-23)26-9-10-27-19/h2-4,11,15-16H,5-10H2,1H3. The van der Waals surface area contributed by atoms with Gasteiger partial charge in [-0.1, -0.05) is 39.8 Å². The predicted molar refractivity (Wildman–Crippen MR) is 107 cm³/mol. The Hall–Kier alpha value is -1.26. The highest BCUT2D eigenvalue weighted by Crippen LogP contribution is 2.43. The first kappa shape index (κ1) is 18.7. The van der Waals surface area contributed by atoms with Crippen molar-refractivity contribution in [1.29, 1.82) is 0 Å². The Morgan fingerprint density at radius 2 is 2.04 bits per heavy atom. The van der Waals surface area contributed by atoms with E-state index in [0.29, 0.717) is 24.2 Å². The quantitative estimate of drug-likeness (QED) is 0.690. The zero-order valence-electron chi connectivity index (χ0n) is 15.5. The molecule has 1 aromatic heterocycles. The van der Waals surface area contributed by atoms with E-state index >= 15 is 0 Å². The minimum Gasteiger partial charge on any atom is -0.347 e. The van der Waals surface area contributed by atoms with Crippen LogP contribution in [0.3, 0.4) is 0 Å². The number of piperidine rings is 1. The molecule has 148 valence electrons. The number of ether oxygens (including phenoxy) is 2. The number of carbonyl (C=O) groups excluding carboxylic acids is 1. The highest BCUT2D eigenvalue weighted by Gasteiger charge is 2.46. The maximum absolute atomic E-state index is 13.2. The van der Waals surface area contributed by atoms with Crippen molar-refractivity contribution < 1.29 is 14.3 Å². The third kappa shape index (κ3) is 3.23. The molecular weight excluding hydrogens is 444 g/mol.